The van der Waals surface area contributed by atoms with E-state index in [-0.39, 0.29) is 0 Å². The summed E-state index contributed by atoms with van der Waals surface area (Å²) in [6.07, 6.45) is 5.85. The average Bonchev–Trinajstić information content (AvgIpc) is 3.16. The molecule has 1 aliphatic carbocycles. The predicted octanol–water partition coefficient (Wildman–Crippen LogP) is 1.67. The van der Waals surface area contributed by atoms with Crippen LogP contribution >= 0.6 is 0 Å². The Kier molecular flexibility index (Phi) is 4.21. The SMILES string of the molecule is CN1CCCN(Cc2cc(CNC3CC3)co2)CC1. The molecule has 0 spiro atoms. The van der Waals surface area contributed by atoms with Gasteiger partial charge in [-0.3, -0.25) is 4.90 Å². The van der Waals surface area contributed by atoms with E-state index in [0.717, 1.165) is 38.0 Å². The van der Waals surface area contributed by atoms with Crippen molar-refractivity contribution < 1.29 is 4.42 Å². The first-order valence-corrected chi connectivity index (χ1v) is 7.50. The first-order chi connectivity index (χ1) is 9.29. The van der Waals surface area contributed by atoms with Crippen molar-refractivity contribution in [2.24, 2.45) is 0 Å². The fraction of sp³-hybridized carbons (Fsp3) is 0.733. The normalized spacial score (nSPS) is 22.6. The molecule has 3 rings (SSSR count). The molecule has 0 bridgehead atoms. The fourth-order valence-electron chi connectivity index (χ4n) is 2.63. The number of furan rings is 1. The number of likely N-dealkylation sites (N-methyl/N-ethyl adjacent to an activating group) is 1. The topological polar surface area (TPSA) is 31.6 Å². The van der Waals surface area contributed by atoms with Gasteiger partial charge in [-0.15, -0.1) is 0 Å². The molecule has 106 valence electrons. The van der Waals surface area contributed by atoms with Gasteiger partial charge < -0.3 is 14.6 Å². The summed E-state index contributed by atoms with van der Waals surface area (Å²) in [5.41, 5.74) is 1.29. The molecular formula is C15H25N3O. The van der Waals surface area contributed by atoms with Gasteiger partial charge in [0.2, 0.25) is 0 Å². The first-order valence-electron chi connectivity index (χ1n) is 7.50. The maximum Gasteiger partial charge on any atom is 0.118 e. The molecule has 1 aromatic rings. The Labute approximate surface area is 115 Å². The number of rotatable bonds is 5. The van der Waals surface area contributed by atoms with Gasteiger partial charge in [-0.25, -0.2) is 0 Å². The second-order valence-corrected chi connectivity index (χ2v) is 6.01. The zero-order valence-corrected chi connectivity index (χ0v) is 11.9. The van der Waals surface area contributed by atoms with Gasteiger partial charge >= 0.3 is 0 Å². The Morgan fingerprint density at radius 2 is 2.16 bits per heavy atom. The molecule has 1 saturated heterocycles. The summed E-state index contributed by atoms with van der Waals surface area (Å²) in [4.78, 5) is 4.91. The molecule has 0 unspecified atom stereocenters. The third kappa shape index (κ3) is 4.06. The lowest BCUT2D eigenvalue weighted by atomic mass is 10.3. The van der Waals surface area contributed by atoms with Crippen molar-refractivity contribution in [1.29, 1.82) is 0 Å². The van der Waals surface area contributed by atoms with Crippen LogP contribution in [0.3, 0.4) is 0 Å². The van der Waals surface area contributed by atoms with Crippen LogP contribution in [0.1, 0.15) is 30.6 Å². The lowest BCUT2D eigenvalue weighted by molar-refractivity contribution is 0.249. The molecule has 1 aromatic heterocycles. The van der Waals surface area contributed by atoms with Crippen LogP contribution in [0.25, 0.3) is 0 Å². The molecule has 4 nitrogen and oxygen atoms in total. The first kappa shape index (κ1) is 13.2. The highest BCUT2D eigenvalue weighted by molar-refractivity contribution is 5.13. The Morgan fingerprint density at radius 3 is 3.00 bits per heavy atom. The van der Waals surface area contributed by atoms with E-state index >= 15 is 0 Å². The summed E-state index contributed by atoms with van der Waals surface area (Å²) in [5.74, 6) is 1.11. The third-order valence-corrected chi connectivity index (χ3v) is 4.07. The minimum Gasteiger partial charge on any atom is -0.468 e. The second-order valence-electron chi connectivity index (χ2n) is 6.01. The van der Waals surface area contributed by atoms with Gasteiger partial charge in [0, 0.05) is 31.2 Å². The van der Waals surface area contributed by atoms with Gasteiger partial charge in [0.25, 0.3) is 0 Å². The Hall–Kier alpha value is -0.840. The highest BCUT2D eigenvalue weighted by Gasteiger charge is 2.20. The highest BCUT2D eigenvalue weighted by atomic mass is 16.3. The van der Waals surface area contributed by atoms with E-state index in [9.17, 15) is 0 Å². The van der Waals surface area contributed by atoms with Crippen molar-refractivity contribution in [2.45, 2.75) is 38.4 Å². The molecule has 0 radical (unpaired) electrons. The van der Waals surface area contributed by atoms with Crippen LogP contribution in [0.5, 0.6) is 0 Å². The molecule has 1 N–H and O–H groups in total. The van der Waals surface area contributed by atoms with Gasteiger partial charge in [-0.1, -0.05) is 0 Å². The second kappa shape index (κ2) is 6.07. The monoisotopic (exact) mass is 263 g/mol. The van der Waals surface area contributed by atoms with E-state index in [1.807, 2.05) is 6.26 Å². The molecule has 4 heteroatoms. The standard InChI is InChI=1S/C15H25N3O/c1-17-5-2-6-18(8-7-17)11-15-9-13(12-19-15)10-16-14-3-4-14/h9,12,14,16H,2-8,10-11H2,1H3. The van der Waals surface area contributed by atoms with E-state index in [1.165, 1.54) is 37.9 Å². The molecule has 19 heavy (non-hydrogen) atoms. The van der Waals surface area contributed by atoms with Crippen LogP contribution < -0.4 is 5.32 Å². The van der Waals surface area contributed by atoms with Crippen molar-refractivity contribution >= 4 is 0 Å². The number of hydrogen-bond donors (Lipinski definition) is 1. The van der Waals surface area contributed by atoms with E-state index in [1.54, 1.807) is 0 Å². The van der Waals surface area contributed by atoms with Crippen LogP contribution in [0, 0.1) is 0 Å². The van der Waals surface area contributed by atoms with Gasteiger partial charge in [-0.2, -0.15) is 0 Å². The molecule has 2 fully saturated rings. The zero-order valence-electron chi connectivity index (χ0n) is 11.9. The summed E-state index contributed by atoms with van der Waals surface area (Å²) >= 11 is 0. The summed E-state index contributed by atoms with van der Waals surface area (Å²) in [5, 5.41) is 3.53. The van der Waals surface area contributed by atoms with Crippen molar-refractivity contribution in [3.63, 3.8) is 0 Å². The minimum atomic E-state index is 0.763. The number of nitrogens with one attached hydrogen (secondary N) is 1. The van der Waals surface area contributed by atoms with Crippen molar-refractivity contribution in [2.75, 3.05) is 33.2 Å². The van der Waals surface area contributed by atoms with Crippen LogP contribution in [-0.2, 0) is 13.1 Å². The van der Waals surface area contributed by atoms with Crippen LogP contribution in [-0.4, -0.2) is 49.1 Å². The predicted molar refractivity (Wildman–Crippen MR) is 76.0 cm³/mol. The molecule has 0 atom stereocenters. The third-order valence-electron chi connectivity index (χ3n) is 4.07. The van der Waals surface area contributed by atoms with Crippen molar-refractivity contribution in [1.82, 2.24) is 15.1 Å². The molecule has 2 heterocycles. The quantitative estimate of drug-likeness (QED) is 0.875. The molecular weight excluding hydrogens is 238 g/mol. The van der Waals surface area contributed by atoms with Crippen molar-refractivity contribution in [3.8, 4) is 0 Å². The Morgan fingerprint density at radius 1 is 1.26 bits per heavy atom. The largest absolute Gasteiger partial charge is 0.468 e. The van der Waals surface area contributed by atoms with Crippen molar-refractivity contribution in [3.05, 3.63) is 23.7 Å². The van der Waals surface area contributed by atoms with Gasteiger partial charge in [-0.05, 0) is 45.5 Å². The minimum absolute atomic E-state index is 0.763. The lowest BCUT2D eigenvalue weighted by Crippen LogP contribution is -2.28. The van der Waals surface area contributed by atoms with Gasteiger partial charge in [0.05, 0.1) is 12.8 Å². The van der Waals surface area contributed by atoms with Crippen LogP contribution in [0.15, 0.2) is 16.7 Å². The van der Waals surface area contributed by atoms with E-state index in [2.05, 4.69) is 28.2 Å². The van der Waals surface area contributed by atoms with Crippen LogP contribution in [0.2, 0.25) is 0 Å². The summed E-state index contributed by atoms with van der Waals surface area (Å²) in [6, 6.07) is 2.98. The molecule has 1 saturated carbocycles. The van der Waals surface area contributed by atoms with Crippen LogP contribution in [0.4, 0.5) is 0 Å². The number of hydrogen-bond acceptors (Lipinski definition) is 4. The maximum atomic E-state index is 5.69. The summed E-state index contributed by atoms with van der Waals surface area (Å²) in [7, 11) is 2.21. The van der Waals surface area contributed by atoms with Gasteiger partial charge in [0.1, 0.15) is 5.76 Å². The van der Waals surface area contributed by atoms with E-state index in [0.29, 0.717) is 0 Å². The average molecular weight is 263 g/mol. The Balaban J connectivity index is 1.48. The lowest BCUT2D eigenvalue weighted by Gasteiger charge is -2.18. The van der Waals surface area contributed by atoms with E-state index in [4.69, 9.17) is 4.42 Å². The molecule has 0 aromatic carbocycles. The summed E-state index contributed by atoms with van der Waals surface area (Å²) in [6.45, 7) is 6.61. The molecule has 2 aliphatic rings. The Bertz CT molecular complexity index is 400. The van der Waals surface area contributed by atoms with E-state index < -0.39 is 0 Å². The molecule has 1 aliphatic heterocycles. The fourth-order valence-corrected chi connectivity index (χ4v) is 2.63. The zero-order chi connectivity index (χ0) is 13.1. The summed E-state index contributed by atoms with van der Waals surface area (Å²) < 4.78 is 5.69. The highest BCUT2D eigenvalue weighted by Crippen LogP contribution is 2.20. The van der Waals surface area contributed by atoms with Gasteiger partial charge in [0.15, 0.2) is 0 Å². The maximum absolute atomic E-state index is 5.69. The molecule has 0 amide bonds. The number of nitrogens with zero attached hydrogens (tertiary/aromatic N) is 2. The smallest absolute Gasteiger partial charge is 0.118 e.